The molecule has 9 nitrogen and oxygen atoms in total. The summed E-state index contributed by atoms with van der Waals surface area (Å²) < 4.78 is 5.41. The number of ether oxygens (including phenoxy) is 1. The Bertz CT molecular complexity index is 2270. The number of nitriles is 1. The first-order chi connectivity index (χ1) is 26.4. The average Bonchev–Trinajstić information content (AvgIpc) is 3.53. The van der Waals surface area contributed by atoms with E-state index in [1.165, 1.54) is 53.3 Å². The minimum Gasteiger partial charge on any atom is -0.508 e. The minimum atomic E-state index is -0.678. The predicted molar refractivity (Wildman–Crippen MR) is 219 cm³/mol. The van der Waals surface area contributed by atoms with Gasteiger partial charge in [-0.05, 0) is 90.3 Å². The molecule has 55 heavy (non-hydrogen) atoms. The van der Waals surface area contributed by atoms with Crippen LogP contribution in [0.25, 0.3) is 6.08 Å². The van der Waals surface area contributed by atoms with E-state index in [0.29, 0.717) is 43.9 Å². The number of thiophene rings is 1. The third-order valence-electron chi connectivity index (χ3n) is 9.57. The van der Waals surface area contributed by atoms with E-state index in [9.17, 15) is 24.8 Å². The van der Waals surface area contributed by atoms with Crippen molar-refractivity contribution in [2.24, 2.45) is 11.3 Å². The quantitative estimate of drug-likeness (QED) is 0.0775. The number of nitrogens with zero attached hydrogens (tertiary/aromatic N) is 1. The molecule has 2 unspecified atom stereocenters. The number of phenolic OH excluding ortho intramolecular Hbond substituents is 1. The van der Waals surface area contributed by atoms with E-state index < -0.39 is 17.1 Å². The maximum Gasteiger partial charge on any atom is 0.272 e. The van der Waals surface area contributed by atoms with E-state index in [1.54, 1.807) is 54.6 Å². The van der Waals surface area contributed by atoms with Crippen molar-refractivity contribution in [3.05, 3.63) is 142 Å². The van der Waals surface area contributed by atoms with Crippen LogP contribution in [0.15, 0.2) is 114 Å². The Kier molecular flexibility index (Phi) is 12.1. The summed E-state index contributed by atoms with van der Waals surface area (Å²) in [5, 5.41) is 28.8. The second-order valence-corrected chi connectivity index (χ2v) is 16.6. The highest BCUT2D eigenvalue weighted by atomic mass is 32.2. The molecule has 0 fully saturated rings. The Balaban J connectivity index is 1.25. The van der Waals surface area contributed by atoms with Crippen LogP contribution in [0.4, 0.5) is 10.7 Å². The van der Waals surface area contributed by atoms with Gasteiger partial charge in [-0.2, -0.15) is 5.26 Å². The van der Waals surface area contributed by atoms with E-state index in [2.05, 4.69) is 42.8 Å². The summed E-state index contributed by atoms with van der Waals surface area (Å²) in [4.78, 5) is 43.1. The summed E-state index contributed by atoms with van der Waals surface area (Å²) in [6, 6.07) is 31.9. The Morgan fingerprint density at radius 2 is 1.69 bits per heavy atom. The molecule has 1 aliphatic carbocycles. The van der Waals surface area contributed by atoms with Gasteiger partial charge in [0.1, 0.15) is 33.5 Å². The second kappa shape index (κ2) is 17.1. The Morgan fingerprint density at radius 1 is 0.964 bits per heavy atom. The van der Waals surface area contributed by atoms with Gasteiger partial charge in [-0.25, -0.2) is 0 Å². The molecule has 0 saturated carbocycles. The lowest BCUT2D eigenvalue weighted by molar-refractivity contribution is -0.116. The molecule has 11 heteroatoms. The number of methoxy groups -OCH3 is 1. The molecule has 4 aromatic carbocycles. The summed E-state index contributed by atoms with van der Waals surface area (Å²) >= 11 is 2.83. The highest BCUT2D eigenvalue weighted by Gasteiger charge is 2.33. The third kappa shape index (κ3) is 9.46. The standard InChI is InChI=1S/C44H42N4O5S2/c1-44(2,3)30-19-21-34-35(26-45)43(55-38(34)23-30)48-42(52)39(27-12-7-5-8-13-27)54-33-17-11-16-31(24-33)46-41(51)36(47-40(50)28-14-9-6-10-15-28)22-29-18-20-32(49)25-37(29)53-4/h5-18,20,22,24-25,30,39,49H,19,21,23H2,1-4H3,(H,46,51)(H,47,50)(H,48,52)/b36-22+. The zero-order valence-corrected chi connectivity index (χ0v) is 32.6. The number of carbonyl (C=O) groups is 3. The fourth-order valence-electron chi connectivity index (χ4n) is 6.51. The Morgan fingerprint density at radius 3 is 2.38 bits per heavy atom. The number of carbonyl (C=O) groups excluding carboxylic acids is 3. The minimum absolute atomic E-state index is 0.0145. The lowest BCUT2D eigenvalue weighted by Gasteiger charge is -2.33. The van der Waals surface area contributed by atoms with Crippen molar-refractivity contribution < 1.29 is 24.2 Å². The predicted octanol–water partition coefficient (Wildman–Crippen LogP) is 9.37. The molecule has 1 aliphatic rings. The SMILES string of the molecule is COc1cc(O)ccc1/C=C(/NC(=O)c1ccccc1)C(=O)Nc1cccc(SC(C(=O)Nc2sc3c(c2C#N)CCC(C(C)(C)C)C3)c2ccccc2)c1. The topological polar surface area (TPSA) is 141 Å². The Hall–Kier alpha value is -5.83. The van der Waals surface area contributed by atoms with Gasteiger partial charge in [0.25, 0.3) is 11.8 Å². The van der Waals surface area contributed by atoms with Crippen LogP contribution in [-0.4, -0.2) is 29.9 Å². The van der Waals surface area contributed by atoms with Crippen LogP contribution in [0, 0.1) is 22.7 Å². The van der Waals surface area contributed by atoms with E-state index >= 15 is 0 Å². The molecule has 0 aliphatic heterocycles. The first kappa shape index (κ1) is 38.9. The van der Waals surface area contributed by atoms with Crippen LogP contribution >= 0.6 is 23.1 Å². The highest BCUT2D eigenvalue weighted by Crippen LogP contribution is 2.45. The van der Waals surface area contributed by atoms with Crippen molar-refractivity contribution in [3.8, 4) is 17.6 Å². The fraction of sp³-hybridized carbons (Fsp3) is 0.227. The first-order valence-corrected chi connectivity index (χ1v) is 19.6. The summed E-state index contributed by atoms with van der Waals surface area (Å²) in [7, 11) is 1.44. The van der Waals surface area contributed by atoms with Gasteiger partial charge in [0, 0.05) is 32.7 Å². The first-order valence-electron chi connectivity index (χ1n) is 17.9. The molecule has 6 rings (SSSR count). The maximum atomic E-state index is 14.2. The molecular formula is C44H42N4O5S2. The van der Waals surface area contributed by atoms with Crippen molar-refractivity contribution >= 4 is 57.6 Å². The lowest BCUT2D eigenvalue weighted by Crippen LogP contribution is -2.30. The third-order valence-corrected chi connectivity index (χ3v) is 12.0. The number of phenols is 1. The number of hydrogen-bond acceptors (Lipinski definition) is 8. The maximum absolute atomic E-state index is 14.2. The van der Waals surface area contributed by atoms with Gasteiger partial charge < -0.3 is 25.8 Å². The van der Waals surface area contributed by atoms with Gasteiger partial charge in [-0.15, -0.1) is 23.1 Å². The summed E-state index contributed by atoms with van der Waals surface area (Å²) in [6.45, 7) is 6.75. The van der Waals surface area contributed by atoms with Gasteiger partial charge >= 0.3 is 0 Å². The zero-order chi connectivity index (χ0) is 39.1. The molecular weight excluding hydrogens is 729 g/mol. The number of thioether (sulfide) groups is 1. The lowest BCUT2D eigenvalue weighted by atomic mass is 9.72. The largest absolute Gasteiger partial charge is 0.508 e. The summed E-state index contributed by atoms with van der Waals surface area (Å²) in [5.41, 5.74) is 3.73. The fourth-order valence-corrected chi connectivity index (χ4v) is 8.87. The molecule has 5 aromatic rings. The molecule has 0 radical (unpaired) electrons. The van der Waals surface area contributed by atoms with Crippen LogP contribution in [0.1, 0.15) is 69.9 Å². The summed E-state index contributed by atoms with van der Waals surface area (Å²) in [5.74, 6) is -0.554. The molecule has 4 N–H and O–H groups in total. The molecule has 0 bridgehead atoms. The van der Waals surface area contributed by atoms with Gasteiger partial charge in [-0.1, -0.05) is 75.4 Å². The van der Waals surface area contributed by atoms with E-state index in [4.69, 9.17) is 4.74 Å². The van der Waals surface area contributed by atoms with Gasteiger partial charge in [0.2, 0.25) is 5.91 Å². The molecule has 1 heterocycles. The highest BCUT2D eigenvalue weighted by molar-refractivity contribution is 8.00. The number of nitrogens with one attached hydrogen (secondary N) is 3. The van der Waals surface area contributed by atoms with Crippen molar-refractivity contribution in [1.29, 1.82) is 5.26 Å². The average molecular weight is 771 g/mol. The van der Waals surface area contributed by atoms with Crippen molar-refractivity contribution in [2.45, 2.75) is 50.2 Å². The molecule has 3 amide bonds. The number of amides is 3. The molecule has 280 valence electrons. The van der Waals surface area contributed by atoms with E-state index in [-0.39, 0.29) is 22.8 Å². The van der Waals surface area contributed by atoms with Crippen molar-refractivity contribution in [1.82, 2.24) is 5.32 Å². The Labute approximate surface area is 329 Å². The number of hydrogen-bond donors (Lipinski definition) is 4. The smallest absolute Gasteiger partial charge is 0.272 e. The van der Waals surface area contributed by atoms with Crippen LogP contribution < -0.4 is 20.7 Å². The number of anilines is 2. The molecule has 1 aromatic heterocycles. The normalized spacial score (nSPS) is 14.5. The van der Waals surface area contributed by atoms with Crippen LogP contribution in [0.5, 0.6) is 11.5 Å². The van der Waals surface area contributed by atoms with Gasteiger partial charge in [0.05, 0.1) is 12.7 Å². The number of fused-ring (bicyclic) bond motifs is 1. The molecule has 0 spiro atoms. The van der Waals surface area contributed by atoms with Crippen molar-refractivity contribution in [3.63, 3.8) is 0 Å². The number of benzene rings is 4. The van der Waals surface area contributed by atoms with Crippen LogP contribution in [-0.2, 0) is 22.4 Å². The van der Waals surface area contributed by atoms with E-state index in [1.807, 2.05) is 36.4 Å². The number of rotatable bonds is 11. The van der Waals surface area contributed by atoms with E-state index in [0.717, 1.165) is 30.4 Å². The van der Waals surface area contributed by atoms with Gasteiger partial charge in [0.15, 0.2) is 0 Å². The van der Waals surface area contributed by atoms with Crippen LogP contribution in [0.3, 0.4) is 0 Å². The molecule has 0 saturated heterocycles. The van der Waals surface area contributed by atoms with Crippen LogP contribution in [0.2, 0.25) is 0 Å². The number of aromatic hydroxyl groups is 1. The molecule has 2 atom stereocenters. The van der Waals surface area contributed by atoms with Crippen molar-refractivity contribution in [2.75, 3.05) is 17.7 Å². The summed E-state index contributed by atoms with van der Waals surface area (Å²) in [6.07, 6.45) is 4.19. The monoisotopic (exact) mass is 770 g/mol. The zero-order valence-electron chi connectivity index (χ0n) is 31.0. The van der Waals surface area contributed by atoms with Gasteiger partial charge in [-0.3, -0.25) is 14.4 Å². The second-order valence-electron chi connectivity index (χ2n) is 14.3.